The summed E-state index contributed by atoms with van der Waals surface area (Å²) >= 11 is 9.50. The number of aryl methyl sites for hydroxylation is 2. The van der Waals surface area contributed by atoms with Gasteiger partial charge in [-0.05, 0) is 71.6 Å². The zero-order valence-corrected chi connectivity index (χ0v) is 13.6. The minimum atomic E-state index is 0.247. The zero-order chi connectivity index (χ0) is 14.0. The molecule has 0 fully saturated rings. The molecule has 0 aromatic heterocycles. The van der Waals surface area contributed by atoms with Crippen LogP contribution in [0.2, 0.25) is 5.02 Å². The van der Waals surface area contributed by atoms with Gasteiger partial charge in [0.05, 0.1) is 5.02 Å². The lowest BCUT2D eigenvalue weighted by Crippen LogP contribution is -2.07. The van der Waals surface area contributed by atoms with E-state index >= 15 is 0 Å². The van der Waals surface area contributed by atoms with Gasteiger partial charge < -0.3 is 5.32 Å². The molecule has 0 radical (unpaired) electrons. The van der Waals surface area contributed by atoms with Crippen molar-refractivity contribution in [1.82, 2.24) is 0 Å². The molecule has 1 atom stereocenters. The van der Waals surface area contributed by atoms with E-state index in [-0.39, 0.29) is 6.04 Å². The summed E-state index contributed by atoms with van der Waals surface area (Å²) in [6, 6.07) is 12.7. The molecule has 2 aromatic carbocycles. The van der Waals surface area contributed by atoms with E-state index < -0.39 is 0 Å². The van der Waals surface area contributed by atoms with Gasteiger partial charge >= 0.3 is 0 Å². The maximum absolute atomic E-state index is 6.10. The summed E-state index contributed by atoms with van der Waals surface area (Å²) in [6.07, 6.45) is 0. The number of benzene rings is 2. The lowest BCUT2D eigenvalue weighted by atomic mass is 10.0. The number of anilines is 1. The van der Waals surface area contributed by atoms with Crippen LogP contribution >= 0.6 is 27.5 Å². The van der Waals surface area contributed by atoms with Crippen molar-refractivity contribution in [2.24, 2.45) is 0 Å². The first-order valence-corrected chi connectivity index (χ1v) is 7.43. The molecule has 19 heavy (non-hydrogen) atoms. The highest BCUT2D eigenvalue weighted by Gasteiger charge is 2.07. The summed E-state index contributed by atoms with van der Waals surface area (Å²) < 4.78 is 0.915. The second-order valence-corrected chi connectivity index (χ2v) is 6.10. The van der Waals surface area contributed by atoms with Crippen LogP contribution < -0.4 is 5.32 Å². The molecular weight excluding hydrogens is 322 g/mol. The highest BCUT2D eigenvalue weighted by Crippen LogP contribution is 2.28. The number of halogens is 2. The Morgan fingerprint density at radius 2 is 1.79 bits per heavy atom. The van der Waals surface area contributed by atoms with Crippen molar-refractivity contribution < 1.29 is 0 Å². The van der Waals surface area contributed by atoms with Gasteiger partial charge in [0.25, 0.3) is 0 Å². The Kier molecular flexibility index (Phi) is 4.54. The number of rotatable bonds is 3. The highest BCUT2D eigenvalue weighted by molar-refractivity contribution is 9.10. The van der Waals surface area contributed by atoms with Crippen LogP contribution in [0.25, 0.3) is 0 Å². The van der Waals surface area contributed by atoms with E-state index in [4.69, 9.17) is 11.6 Å². The van der Waals surface area contributed by atoms with Crippen LogP contribution in [0, 0.1) is 13.8 Å². The second-order valence-electron chi connectivity index (χ2n) is 4.84. The summed E-state index contributed by atoms with van der Waals surface area (Å²) in [5.41, 5.74) is 4.95. The van der Waals surface area contributed by atoms with Crippen LogP contribution in [-0.4, -0.2) is 0 Å². The monoisotopic (exact) mass is 337 g/mol. The van der Waals surface area contributed by atoms with Gasteiger partial charge in [0.2, 0.25) is 0 Å². The largest absolute Gasteiger partial charge is 0.378 e. The van der Waals surface area contributed by atoms with E-state index in [1.165, 1.54) is 16.7 Å². The molecule has 0 saturated heterocycles. The fraction of sp³-hybridized carbons (Fsp3) is 0.250. The number of nitrogens with one attached hydrogen (secondary N) is 1. The predicted octanol–water partition coefficient (Wildman–Crippen LogP) is 5.89. The molecule has 0 bridgehead atoms. The van der Waals surface area contributed by atoms with Gasteiger partial charge in [0, 0.05) is 16.2 Å². The Morgan fingerprint density at radius 1 is 1.05 bits per heavy atom. The molecule has 0 aliphatic heterocycles. The third-order valence-corrected chi connectivity index (χ3v) is 4.57. The normalized spacial score (nSPS) is 12.3. The van der Waals surface area contributed by atoms with Crippen LogP contribution in [0.1, 0.15) is 29.7 Å². The molecule has 1 N–H and O–H groups in total. The Bertz CT molecular complexity index is 595. The molecule has 0 heterocycles. The molecule has 0 spiro atoms. The first-order chi connectivity index (χ1) is 8.97. The molecule has 2 rings (SSSR count). The minimum absolute atomic E-state index is 0.247. The molecule has 3 heteroatoms. The van der Waals surface area contributed by atoms with Gasteiger partial charge in [-0.2, -0.15) is 0 Å². The average molecular weight is 339 g/mol. The second kappa shape index (κ2) is 5.98. The van der Waals surface area contributed by atoms with Crippen LogP contribution in [0.15, 0.2) is 40.9 Å². The predicted molar refractivity (Wildman–Crippen MR) is 87.1 cm³/mol. The topological polar surface area (TPSA) is 12.0 Å². The van der Waals surface area contributed by atoms with Gasteiger partial charge in [0.15, 0.2) is 0 Å². The third-order valence-electron chi connectivity index (χ3n) is 3.33. The standard InChI is InChI=1S/C16H17BrClN/c1-10-4-5-13(8-11(10)2)12(3)19-14-6-7-15(17)16(18)9-14/h4-9,12,19H,1-3H3. The lowest BCUT2D eigenvalue weighted by Gasteiger charge is -2.17. The molecule has 0 aliphatic carbocycles. The molecule has 0 aliphatic rings. The van der Waals surface area contributed by atoms with Crippen molar-refractivity contribution >= 4 is 33.2 Å². The quantitative estimate of drug-likeness (QED) is 0.735. The third kappa shape index (κ3) is 3.52. The van der Waals surface area contributed by atoms with Gasteiger partial charge in [-0.1, -0.05) is 29.8 Å². The minimum Gasteiger partial charge on any atom is -0.378 e. The van der Waals surface area contributed by atoms with E-state index in [0.717, 1.165) is 15.2 Å². The van der Waals surface area contributed by atoms with Gasteiger partial charge in [-0.15, -0.1) is 0 Å². The van der Waals surface area contributed by atoms with E-state index in [2.05, 4.69) is 60.2 Å². The molecule has 1 nitrogen and oxygen atoms in total. The Hall–Kier alpha value is -0.990. The maximum Gasteiger partial charge on any atom is 0.0568 e. The summed E-state index contributed by atoms with van der Waals surface area (Å²) in [6.45, 7) is 6.42. The van der Waals surface area contributed by atoms with E-state index in [1.807, 2.05) is 18.2 Å². The Balaban J connectivity index is 2.17. The average Bonchev–Trinajstić information content (AvgIpc) is 2.37. The van der Waals surface area contributed by atoms with E-state index in [9.17, 15) is 0 Å². The highest BCUT2D eigenvalue weighted by atomic mass is 79.9. The molecule has 0 saturated carbocycles. The van der Waals surface area contributed by atoms with Gasteiger partial charge in [-0.25, -0.2) is 0 Å². The lowest BCUT2D eigenvalue weighted by molar-refractivity contribution is 0.881. The van der Waals surface area contributed by atoms with Crippen LogP contribution in [0.3, 0.4) is 0 Å². The fourth-order valence-electron chi connectivity index (χ4n) is 1.95. The van der Waals surface area contributed by atoms with Crippen molar-refractivity contribution in [3.8, 4) is 0 Å². The number of hydrogen-bond donors (Lipinski definition) is 1. The van der Waals surface area contributed by atoms with Crippen molar-refractivity contribution in [3.63, 3.8) is 0 Å². The van der Waals surface area contributed by atoms with Crippen LogP contribution in [0.5, 0.6) is 0 Å². The Labute approximate surface area is 128 Å². The van der Waals surface area contributed by atoms with Crippen LogP contribution in [0.4, 0.5) is 5.69 Å². The number of hydrogen-bond acceptors (Lipinski definition) is 1. The smallest absolute Gasteiger partial charge is 0.0568 e. The van der Waals surface area contributed by atoms with E-state index in [1.54, 1.807) is 0 Å². The first-order valence-electron chi connectivity index (χ1n) is 6.26. The fourth-order valence-corrected chi connectivity index (χ4v) is 2.38. The van der Waals surface area contributed by atoms with Gasteiger partial charge in [-0.3, -0.25) is 0 Å². The zero-order valence-electron chi connectivity index (χ0n) is 11.3. The summed E-state index contributed by atoms with van der Waals surface area (Å²) in [5.74, 6) is 0. The van der Waals surface area contributed by atoms with Crippen LogP contribution in [-0.2, 0) is 0 Å². The van der Waals surface area contributed by atoms with Crippen molar-refractivity contribution in [2.45, 2.75) is 26.8 Å². The van der Waals surface area contributed by atoms with E-state index in [0.29, 0.717) is 0 Å². The first kappa shape index (κ1) is 14.4. The van der Waals surface area contributed by atoms with Crippen molar-refractivity contribution in [1.29, 1.82) is 0 Å². The molecule has 0 amide bonds. The molecule has 100 valence electrons. The van der Waals surface area contributed by atoms with Gasteiger partial charge in [0.1, 0.15) is 0 Å². The maximum atomic E-state index is 6.10. The summed E-state index contributed by atoms with van der Waals surface area (Å²) in [5, 5.41) is 4.19. The molecular formula is C16H17BrClN. The molecule has 1 unspecified atom stereocenters. The summed E-state index contributed by atoms with van der Waals surface area (Å²) in [4.78, 5) is 0. The summed E-state index contributed by atoms with van der Waals surface area (Å²) in [7, 11) is 0. The molecule has 2 aromatic rings. The van der Waals surface area contributed by atoms with Crippen molar-refractivity contribution in [2.75, 3.05) is 5.32 Å². The van der Waals surface area contributed by atoms with Crippen molar-refractivity contribution in [3.05, 3.63) is 62.6 Å². The SMILES string of the molecule is Cc1ccc(C(C)Nc2ccc(Br)c(Cl)c2)cc1C. The Morgan fingerprint density at radius 3 is 2.42 bits per heavy atom.